The van der Waals surface area contributed by atoms with Gasteiger partial charge >= 0.3 is 0 Å². The molecule has 0 amide bonds. The van der Waals surface area contributed by atoms with Gasteiger partial charge in [-0.1, -0.05) is 12.1 Å². The van der Waals surface area contributed by atoms with Gasteiger partial charge in [-0.3, -0.25) is 4.79 Å². The maximum absolute atomic E-state index is 11.3. The van der Waals surface area contributed by atoms with Crippen molar-refractivity contribution in [3.05, 3.63) is 44.7 Å². The minimum absolute atomic E-state index is 0.0283. The van der Waals surface area contributed by atoms with Crippen LogP contribution < -0.4 is 5.56 Å². The molecule has 66 valence electrons. The van der Waals surface area contributed by atoms with E-state index in [0.717, 1.165) is 20.9 Å². The minimum atomic E-state index is -0.0283. The lowest BCUT2D eigenvalue weighted by Crippen LogP contribution is -2.08. The molecule has 0 spiro atoms. The highest BCUT2D eigenvalue weighted by Crippen LogP contribution is 2.20. The predicted octanol–water partition coefficient (Wildman–Crippen LogP) is 2.60. The summed E-state index contributed by atoms with van der Waals surface area (Å²) in [4.78, 5) is 14.1. The molecule has 1 heterocycles. The van der Waals surface area contributed by atoms with Gasteiger partial charge in [0.2, 0.25) is 0 Å². The number of aromatic amines is 1. The first-order valence-electron chi connectivity index (χ1n) is 3.96. The summed E-state index contributed by atoms with van der Waals surface area (Å²) in [6, 6.07) is 7.72. The highest BCUT2D eigenvalue weighted by atomic mass is 79.9. The number of aryl methyl sites for hydroxylation is 1. The van der Waals surface area contributed by atoms with Crippen molar-refractivity contribution >= 4 is 26.8 Å². The number of rotatable bonds is 0. The molecule has 2 aromatic rings. The standard InChI is InChI=1S/C10H8BrNO/c1-6-5-7-3-2-4-8(11)9(7)12-10(6)13/h2-5H,1H3,(H,12,13). The fraction of sp³-hybridized carbons (Fsp3) is 0.100. The molecule has 0 radical (unpaired) electrons. The SMILES string of the molecule is Cc1cc2cccc(Br)c2[nH]c1=O. The third kappa shape index (κ3) is 1.40. The second kappa shape index (κ2) is 3.00. The lowest BCUT2D eigenvalue weighted by Gasteiger charge is -2.00. The third-order valence-electron chi connectivity index (χ3n) is 2.01. The van der Waals surface area contributed by atoms with Crippen molar-refractivity contribution in [2.24, 2.45) is 0 Å². The summed E-state index contributed by atoms with van der Waals surface area (Å²) in [6.07, 6.45) is 0. The Balaban J connectivity index is 2.97. The van der Waals surface area contributed by atoms with Crippen molar-refractivity contribution in [1.82, 2.24) is 4.98 Å². The van der Waals surface area contributed by atoms with Crippen molar-refractivity contribution < 1.29 is 0 Å². The van der Waals surface area contributed by atoms with E-state index in [1.165, 1.54) is 0 Å². The molecule has 0 bridgehead atoms. The first-order chi connectivity index (χ1) is 6.18. The van der Waals surface area contributed by atoms with Crippen LogP contribution in [0, 0.1) is 6.92 Å². The molecular weight excluding hydrogens is 230 g/mol. The van der Waals surface area contributed by atoms with Crippen LogP contribution in [0.4, 0.5) is 0 Å². The average molecular weight is 238 g/mol. The van der Waals surface area contributed by atoms with Crippen molar-refractivity contribution in [3.8, 4) is 0 Å². The van der Waals surface area contributed by atoms with Gasteiger partial charge in [-0.25, -0.2) is 0 Å². The van der Waals surface area contributed by atoms with Crippen LogP contribution in [0.3, 0.4) is 0 Å². The van der Waals surface area contributed by atoms with Crippen molar-refractivity contribution in [1.29, 1.82) is 0 Å². The number of H-pyrrole nitrogens is 1. The molecule has 0 aliphatic carbocycles. The number of aromatic nitrogens is 1. The van der Waals surface area contributed by atoms with Gasteiger partial charge in [0.05, 0.1) is 5.52 Å². The van der Waals surface area contributed by atoms with Crippen LogP contribution in [-0.4, -0.2) is 4.98 Å². The molecular formula is C10H8BrNO. The number of para-hydroxylation sites is 1. The number of benzene rings is 1. The molecule has 0 atom stereocenters. The van der Waals surface area contributed by atoms with Crippen molar-refractivity contribution in [2.45, 2.75) is 6.92 Å². The van der Waals surface area contributed by atoms with Crippen LogP contribution in [0.15, 0.2) is 33.5 Å². The molecule has 1 N–H and O–H groups in total. The number of halogens is 1. The Hall–Kier alpha value is -1.09. The van der Waals surface area contributed by atoms with Crippen LogP contribution in [0.2, 0.25) is 0 Å². The van der Waals surface area contributed by atoms with Gasteiger partial charge in [-0.15, -0.1) is 0 Å². The number of hydrogen-bond donors (Lipinski definition) is 1. The quantitative estimate of drug-likeness (QED) is 0.751. The van der Waals surface area contributed by atoms with Crippen LogP contribution in [-0.2, 0) is 0 Å². The van der Waals surface area contributed by atoms with E-state index in [4.69, 9.17) is 0 Å². The van der Waals surface area contributed by atoms with Gasteiger partial charge in [-0.2, -0.15) is 0 Å². The van der Waals surface area contributed by atoms with Crippen LogP contribution in [0.1, 0.15) is 5.56 Å². The summed E-state index contributed by atoms with van der Waals surface area (Å²) in [5.41, 5.74) is 1.57. The Morgan fingerprint density at radius 2 is 2.15 bits per heavy atom. The smallest absolute Gasteiger partial charge is 0.251 e. The highest BCUT2D eigenvalue weighted by molar-refractivity contribution is 9.10. The molecule has 2 nitrogen and oxygen atoms in total. The summed E-state index contributed by atoms with van der Waals surface area (Å²) >= 11 is 3.39. The molecule has 13 heavy (non-hydrogen) atoms. The number of nitrogens with one attached hydrogen (secondary N) is 1. The second-order valence-corrected chi connectivity index (χ2v) is 3.84. The molecule has 0 fully saturated rings. The molecule has 1 aromatic carbocycles. The summed E-state index contributed by atoms with van der Waals surface area (Å²) in [5.74, 6) is 0. The zero-order valence-corrected chi connectivity index (χ0v) is 8.68. The van der Waals surface area contributed by atoms with Crippen LogP contribution >= 0.6 is 15.9 Å². The van der Waals surface area contributed by atoms with Gasteiger partial charge in [-0.05, 0) is 40.4 Å². The predicted molar refractivity (Wildman–Crippen MR) is 57.0 cm³/mol. The largest absolute Gasteiger partial charge is 0.321 e. The monoisotopic (exact) mass is 237 g/mol. The van der Waals surface area contributed by atoms with E-state index in [1.54, 1.807) is 6.92 Å². The van der Waals surface area contributed by atoms with E-state index in [0.29, 0.717) is 0 Å². The van der Waals surface area contributed by atoms with Gasteiger partial charge in [0.15, 0.2) is 0 Å². The van der Waals surface area contributed by atoms with Gasteiger partial charge in [0.25, 0.3) is 5.56 Å². The zero-order chi connectivity index (χ0) is 9.42. The Morgan fingerprint density at radius 3 is 2.92 bits per heavy atom. The van der Waals surface area contributed by atoms with Crippen LogP contribution in [0.5, 0.6) is 0 Å². The summed E-state index contributed by atoms with van der Waals surface area (Å²) in [5, 5.41) is 1.05. The summed E-state index contributed by atoms with van der Waals surface area (Å²) in [7, 11) is 0. The first kappa shape index (κ1) is 8.51. The van der Waals surface area contributed by atoms with E-state index < -0.39 is 0 Å². The zero-order valence-electron chi connectivity index (χ0n) is 7.10. The topological polar surface area (TPSA) is 32.9 Å². The molecule has 0 aliphatic rings. The molecule has 0 saturated heterocycles. The third-order valence-corrected chi connectivity index (χ3v) is 2.68. The molecule has 3 heteroatoms. The number of pyridine rings is 1. The molecule has 1 aromatic heterocycles. The fourth-order valence-electron chi connectivity index (χ4n) is 1.30. The summed E-state index contributed by atoms with van der Waals surface area (Å²) < 4.78 is 0.919. The maximum Gasteiger partial charge on any atom is 0.251 e. The molecule has 0 unspecified atom stereocenters. The van der Waals surface area contributed by atoms with E-state index in [1.807, 2.05) is 24.3 Å². The Kier molecular flexibility index (Phi) is 1.96. The van der Waals surface area contributed by atoms with Crippen LogP contribution in [0.25, 0.3) is 10.9 Å². The highest BCUT2D eigenvalue weighted by Gasteiger charge is 2.00. The van der Waals surface area contributed by atoms with Crippen molar-refractivity contribution in [3.63, 3.8) is 0 Å². The summed E-state index contributed by atoms with van der Waals surface area (Å²) in [6.45, 7) is 1.80. The van der Waals surface area contributed by atoms with Gasteiger partial charge in [0.1, 0.15) is 0 Å². The van der Waals surface area contributed by atoms with Gasteiger partial charge in [0, 0.05) is 10.0 Å². The lowest BCUT2D eigenvalue weighted by atomic mass is 10.2. The fourth-order valence-corrected chi connectivity index (χ4v) is 1.78. The van der Waals surface area contributed by atoms with E-state index in [-0.39, 0.29) is 5.56 Å². The maximum atomic E-state index is 11.3. The van der Waals surface area contributed by atoms with E-state index >= 15 is 0 Å². The minimum Gasteiger partial charge on any atom is -0.321 e. The lowest BCUT2D eigenvalue weighted by molar-refractivity contribution is 1.23. The van der Waals surface area contributed by atoms with Gasteiger partial charge < -0.3 is 4.98 Å². The van der Waals surface area contributed by atoms with Crippen molar-refractivity contribution in [2.75, 3.05) is 0 Å². The normalized spacial score (nSPS) is 10.6. The van der Waals surface area contributed by atoms with E-state index in [2.05, 4.69) is 20.9 Å². The molecule has 2 rings (SSSR count). The Morgan fingerprint density at radius 1 is 1.38 bits per heavy atom. The Bertz CT molecular complexity index is 516. The molecule has 0 saturated carbocycles. The second-order valence-electron chi connectivity index (χ2n) is 2.99. The Labute approximate surface area is 83.7 Å². The average Bonchev–Trinajstić information content (AvgIpc) is 2.09. The number of fused-ring (bicyclic) bond motifs is 1. The van der Waals surface area contributed by atoms with E-state index in [9.17, 15) is 4.79 Å². The number of hydrogen-bond acceptors (Lipinski definition) is 1. The molecule has 0 aliphatic heterocycles. The first-order valence-corrected chi connectivity index (χ1v) is 4.76.